The molecule has 0 spiro atoms. The van der Waals surface area contributed by atoms with Crippen LogP contribution in [0.2, 0.25) is 0 Å². The van der Waals surface area contributed by atoms with Gasteiger partial charge in [0.05, 0.1) is 7.11 Å². The highest BCUT2D eigenvalue weighted by molar-refractivity contribution is 9.10. The molecule has 21 heavy (non-hydrogen) atoms. The summed E-state index contributed by atoms with van der Waals surface area (Å²) in [6, 6.07) is 15.9. The molecule has 0 bridgehead atoms. The van der Waals surface area contributed by atoms with Crippen LogP contribution < -0.4 is 9.47 Å². The smallest absolute Gasteiger partial charge is 0.119 e. The average Bonchev–Trinajstić information content (AvgIpc) is 2.50. The van der Waals surface area contributed by atoms with Gasteiger partial charge in [-0.25, -0.2) is 0 Å². The van der Waals surface area contributed by atoms with E-state index in [1.807, 2.05) is 30.3 Å². The number of rotatable bonds is 7. The molecule has 0 saturated heterocycles. The predicted molar refractivity (Wildman–Crippen MR) is 89.0 cm³/mol. The van der Waals surface area contributed by atoms with Gasteiger partial charge in [-0.3, -0.25) is 4.90 Å². The van der Waals surface area contributed by atoms with Gasteiger partial charge in [-0.15, -0.1) is 0 Å². The fraction of sp³-hybridized carbons (Fsp3) is 0.294. The highest BCUT2D eigenvalue weighted by Gasteiger charge is 2.04. The van der Waals surface area contributed by atoms with Crippen LogP contribution in [0, 0.1) is 0 Å². The minimum atomic E-state index is 0.660. The van der Waals surface area contributed by atoms with Gasteiger partial charge < -0.3 is 9.47 Å². The highest BCUT2D eigenvalue weighted by Crippen LogP contribution is 2.18. The lowest BCUT2D eigenvalue weighted by Gasteiger charge is -2.18. The molecule has 112 valence electrons. The third-order valence-corrected chi connectivity index (χ3v) is 3.97. The van der Waals surface area contributed by atoms with Crippen molar-refractivity contribution in [3.05, 3.63) is 58.6 Å². The second kappa shape index (κ2) is 8.05. The quantitative estimate of drug-likeness (QED) is 0.754. The molecule has 0 N–H and O–H groups in total. The Hall–Kier alpha value is -1.52. The molecule has 0 amide bonds. The Bertz CT molecular complexity index is 557. The summed E-state index contributed by atoms with van der Waals surface area (Å²) < 4.78 is 12.0. The van der Waals surface area contributed by atoms with E-state index >= 15 is 0 Å². The number of halogens is 1. The predicted octanol–water partition coefficient (Wildman–Crippen LogP) is 3.97. The lowest BCUT2D eigenvalue weighted by Crippen LogP contribution is -2.24. The Morgan fingerprint density at radius 2 is 1.67 bits per heavy atom. The largest absolute Gasteiger partial charge is 0.497 e. The first-order chi connectivity index (χ1) is 10.2. The molecular weight excluding hydrogens is 330 g/mol. The second-order valence-electron chi connectivity index (χ2n) is 4.85. The van der Waals surface area contributed by atoms with Crippen LogP contribution in [0.4, 0.5) is 0 Å². The highest BCUT2D eigenvalue weighted by atomic mass is 79.9. The summed E-state index contributed by atoms with van der Waals surface area (Å²) in [6.45, 7) is 2.42. The third-order valence-electron chi connectivity index (χ3n) is 3.20. The van der Waals surface area contributed by atoms with Crippen molar-refractivity contribution in [2.75, 3.05) is 27.3 Å². The molecule has 2 aromatic carbocycles. The van der Waals surface area contributed by atoms with Crippen LogP contribution in [-0.2, 0) is 6.54 Å². The molecule has 0 aromatic heterocycles. The van der Waals surface area contributed by atoms with E-state index in [2.05, 4.69) is 46.1 Å². The summed E-state index contributed by atoms with van der Waals surface area (Å²) in [5, 5.41) is 0. The zero-order chi connectivity index (χ0) is 15.1. The molecule has 0 atom stereocenters. The van der Waals surface area contributed by atoms with E-state index in [9.17, 15) is 0 Å². The standard InChI is InChI=1S/C17H20BrNO2/c1-19(13-14-5-3-4-6-17(14)18)11-12-21-16-9-7-15(20-2)8-10-16/h3-10H,11-13H2,1-2H3. The molecule has 0 aliphatic heterocycles. The van der Waals surface area contributed by atoms with E-state index in [1.165, 1.54) is 5.56 Å². The van der Waals surface area contributed by atoms with Crippen molar-refractivity contribution >= 4 is 15.9 Å². The maximum Gasteiger partial charge on any atom is 0.119 e. The number of nitrogens with zero attached hydrogens (tertiary/aromatic N) is 1. The fourth-order valence-corrected chi connectivity index (χ4v) is 2.40. The van der Waals surface area contributed by atoms with Gasteiger partial charge in [-0.05, 0) is 42.9 Å². The number of benzene rings is 2. The maximum atomic E-state index is 5.74. The van der Waals surface area contributed by atoms with E-state index in [1.54, 1.807) is 7.11 Å². The Kier molecular flexibility index (Phi) is 6.08. The van der Waals surface area contributed by atoms with Crippen LogP contribution in [0.5, 0.6) is 11.5 Å². The second-order valence-corrected chi connectivity index (χ2v) is 5.71. The third kappa shape index (κ3) is 5.06. The van der Waals surface area contributed by atoms with Gasteiger partial charge in [0.25, 0.3) is 0 Å². The number of hydrogen-bond donors (Lipinski definition) is 0. The summed E-state index contributed by atoms with van der Waals surface area (Å²) in [7, 11) is 3.75. The average molecular weight is 350 g/mol. The summed E-state index contributed by atoms with van der Waals surface area (Å²) in [5.74, 6) is 1.71. The van der Waals surface area contributed by atoms with Crippen LogP contribution in [-0.4, -0.2) is 32.2 Å². The molecule has 2 rings (SSSR count). The molecule has 3 nitrogen and oxygen atoms in total. The minimum absolute atomic E-state index is 0.660. The molecule has 0 aliphatic rings. The zero-order valence-electron chi connectivity index (χ0n) is 12.4. The Labute approximate surface area is 134 Å². The van der Waals surface area contributed by atoms with Crippen LogP contribution >= 0.6 is 15.9 Å². The number of methoxy groups -OCH3 is 1. The van der Waals surface area contributed by atoms with Crippen molar-refractivity contribution < 1.29 is 9.47 Å². The van der Waals surface area contributed by atoms with Crippen LogP contribution in [0.1, 0.15) is 5.56 Å². The van der Waals surface area contributed by atoms with Crippen molar-refractivity contribution in [2.45, 2.75) is 6.54 Å². The lowest BCUT2D eigenvalue weighted by atomic mass is 10.2. The molecule has 0 saturated carbocycles. The minimum Gasteiger partial charge on any atom is -0.497 e. The summed E-state index contributed by atoms with van der Waals surface area (Å²) in [4.78, 5) is 2.24. The summed E-state index contributed by atoms with van der Waals surface area (Å²) >= 11 is 3.57. The number of ether oxygens (including phenoxy) is 2. The molecule has 0 fully saturated rings. The topological polar surface area (TPSA) is 21.7 Å². The van der Waals surface area contributed by atoms with E-state index in [4.69, 9.17) is 9.47 Å². The first kappa shape index (κ1) is 15.9. The van der Waals surface area contributed by atoms with Gasteiger partial charge in [0.15, 0.2) is 0 Å². The summed E-state index contributed by atoms with van der Waals surface area (Å²) in [6.07, 6.45) is 0. The Balaban J connectivity index is 1.76. The van der Waals surface area contributed by atoms with Gasteiger partial charge in [0.1, 0.15) is 18.1 Å². The van der Waals surface area contributed by atoms with Crippen LogP contribution in [0.25, 0.3) is 0 Å². The van der Waals surface area contributed by atoms with E-state index in [-0.39, 0.29) is 0 Å². The number of likely N-dealkylation sites (N-methyl/N-ethyl adjacent to an activating group) is 1. The monoisotopic (exact) mass is 349 g/mol. The SMILES string of the molecule is COc1ccc(OCCN(C)Cc2ccccc2Br)cc1. The molecule has 0 heterocycles. The first-order valence-corrected chi connectivity index (χ1v) is 7.67. The fourth-order valence-electron chi connectivity index (χ4n) is 1.99. The van der Waals surface area contributed by atoms with Crippen molar-refractivity contribution in [3.63, 3.8) is 0 Å². The molecule has 4 heteroatoms. The molecule has 0 unspecified atom stereocenters. The van der Waals surface area contributed by atoms with Crippen LogP contribution in [0.15, 0.2) is 53.0 Å². The number of hydrogen-bond acceptors (Lipinski definition) is 3. The zero-order valence-corrected chi connectivity index (χ0v) is 14.0. The van der Waals surface area contributed by atoms with Gasteiger partial charge in [-0.1, -0.05) is 34.1 Å². The van der Waals surface area contributed by atoms with Gasteiger partial charge in [0, 0.05) is 17.6 Å². The molecule has 0 radical (unpaired) electrons. The molecule has 2 aromatic rings. The maximum absolute atomic E-state index is 5.74. The Morgan fingerprint density at radius 1 is 1.00 bits per heavy atom. The Morgan fingerprint density at radius 3 is 2.33 bits per heavy atom. The molecule has 0 aliphatic carbocycles. The normalized spacial score (nSPS) is 10.7. The van der Waals surface area contributed by atoms with Crippen molar-refractivity contribution in [1.29, 1.82) is 0 Å². The van der Waals surface area contributed by atoms with E-state index in [0.29, 0.717) is 6.61 Å². The van der Waals surface area contributed by atoms with Crippen molar-refractivity contribution in [2.24, 2.45) is 0 Å². The lowest BCUT2D eigenvalue weighted by molar-refractivity contribution is 0.232. The van der Waals surface area contributed by atoms with Gasteiger partial charge in [0.2, 0.25) is 0 Å². The van der Waals surface area contributed by atoms with Gasteiger partial charge in [-0.2, -0.15) is 0 Å². The van der Waals surface area contributed by atoms with Gasteiger partial charge >= 0.3 is 0 Å². The van der Waals surface area contributed by atoms with E-state index < -0.39 is 0 Å². The van der Waals surface area contributed by atoms with Crippen molar-refractivity contribution in [1.82, 2.24) is 4.90 Å². The molecular formula is C17H20BrNO2. The van der Waals surface area contributed by atoms with Crippen molar-refractivity contribution in [3.8, 4) is 11.5 Å². The van der Waals surface area contributed by atoms with E-state index in [0.717, 1.165) is 29.1 Å². The summed E-state index contributed by atoms with van der Waals surface area (Å²) in [5.41, 5.74) is 1.28. The van der Waals surface area contributed by atoms with Crippen LogP contribution in [0.3, 0.4) is 0 Å². The first-order valence-electron chi connectivity index (χ1n) is 6.88.